The summed E-state index contributed by atoms with van der Waals surface area (Å²) in [6.07, 6.45) is 3.43. The Balaban J connectivity index is 1.44. The zero-order valence-electron chi connectivity index (χ0n) is 22.5. The molecule has 3 heterocycles. The number of methoxy groups -OCH3 is 1. The van der Waals surface area contributed by atoms with E-state index in [4.69, 9.17) is 21.1 Å². The number of hydrogen-bond donors (Lipinski definition) is 2. The van der Waals surface area contributed by atoms with Crippen LogP contribution >= 0.6 is 11.6 Å². The van der Waals surface area contributed by atoms with Gasteiger partial charge >= 0.3 is 0 Å². The molecule has 1 amide bonds. The van der Waals surface area contributed by atoms with Gasteiger partial charge in [-0.15, -0.1) is 0 Å². The molecule has 0 aliphatic carbocycles. The lowest BCUT2D eigenvalue weighted by molar-refractivity contribution is 0.0729. The fourth-order valence-electron chi connectivity index (χ4n) is 5.16. The minimum atomic E-state index is -0.539. The first-order valence-electron chi connectivity index (χ1n) is 13.1. The topological polar surface area (TPSA) is 101 Å². The number of fused-ring (bicyclic) bond motifs is 1. The Morgan fingerprint density at radius 1 is 1.02 bits per heavy atom. The van der Waals surface area contributed by atoms with Crippen LogP contribution in [-0.4, -0.2) is 38.2 Å². The molecule has 8 nitrogen and oxygen atoms in total. The van der Waals surface area contributed by atoms with Gasteiger partial charge in [0, 0.05) is 35.1 Å². The second-order valence-corrected chi connectivity index (χ2v) is 10.3. The number of rotatable bonds is 8. The number of H-pyrrole nitrogens is 1. The van der Waals surface area contributed by atoms with Gasteiger partial charge in [0.15, 0.2) is 11.5 Å². The summed E-state index contributed by atoms with van der Waals surface area (Å²) in [5.41, 5.74) is 5.34. The molecule has 6 rings (SSSR count). The van der Waals surface area contributed by atoms with Crippen LogP contribution in [0.15, 0.2) is 85.2 Å². The number of nitrogens with one attached hydrogen (secondary N) is 1. The number of ether oxygens (including phenoxy) is 2. The number of aromatic hydroxyl groups is 1. The van der Waals surface area contributed by atoms with Gasteiger partial charge in [-0.1, -0.05) is 54.1 Å². The summed E-state index contributed by atoms with van der Waals surface area (Å²) in [7, 11) is 1.59. The van der Waals surface area contributed by atoms with Gasteiger partial charge in [-0.2, -0.15) is 5.10 Å². The number of phenols is 1. The lowest BCUT2D eigenvalue weighted by atomic mass is 9.95. The molecule has 3 aromatic carbocycles. The highest BCUT2D eigenvalue weighted by Gasteiger charge is 2.43. The lowest BCUT2D eigenvalue weighted by Gasteiger charge is -2.27. The maximum absolute atomic E-state index is 13.8. The number of benzene rings is 3. The van der Waals surface area contributed by atoms with Crippen molar-refractivity contribution in [2.75, 3.05) is 7.11 Å². The molecule has 0 saturated heterocycles. The highest BCUT2D eigenvalue weighted by atomic mass is 35.5. The second kappa shape index (κ2) is 11.0. The Morgan fingerprint density at radius 3 is 2.59 bits per heavy atom. The van der Waals surface area contributed by atoms with Crippen molar-refractivity contribution in [2.24, 2.45) is 0 Å². The molecule has 0 bridgehead atoms. The molecule has 0 radical (unpaired) electrons. The molecule has 0 spiro atoms. The summed E-state index contributed by atoms with van der Waals surface area (Å²) in [5, 5.41) is 18.7. The number of pyridine rings is 1. The minimum absolute atomic E-state index is 0.0281. The van der Waals surface area contributed by atoms with Crippen molar-refractivity contribution in [3.05, 3.63) is 124 Å². The molecule has 1 unspecified atom stereocenters. The summed E-state index contributed by atoms with van der Waals surface area (Å²) in [6, 6.07) is 22.0. The number of carbonyl (C=O) groups excluding carboxylic acids is 1. The summed E-state index contributed by atoms with van der Waals surface area (Å²) < 4.78 is 11.8. The predicted molar refractivity (Wildman–Crippen MR) is 155 cm³/mol. The van der Waals surface area contributed by atoms with Crippen LogP contribution in [0.4, 0.5) is 0 Å². The fraction of sp³-hybridized carbons (Fsp3) is 0.156. The van der Waals surface area contributed by atoms with Crippen LogP contribution in [0.25, 0.3) is 11.3 Å². The number of aromatic amines is 1. The number of amides is 1. The third-order valence-corrected chi connectivity index (χ3v) is 7.62. The summed E-state index contributed by atoms with van der Waals surface area (Å²) in [6.45, 7) is 2.51. The normalized spacial score (nSPS) is 14.3. The molecule has 206 valence electrons. The first-order valence-corrected chi connectivity index (χ1v) is 13.4. The Morgan fingerprint density at radius 2 is 1.83 bits per heavy atom. The van der Waals surface area contributed by atoms with E-state index >= 15 is 0 Å². The Labute approximate surface area is 242 Å². The number of phenolic OH excluding ortho intramolecular Hbond substituents is 1. The number of aryl methyl sites for hydroxylation is 1. The van der Waals surface area contributed by atoms with Crippen LogP contribution in [0.2, 0.25) is 5.02 Å². The molecule has 41 heavy (non-hydrogen) atoms. The number of hydrogen-bond acceptors (Lipinski definition) is 6. The van der Waals surface area contributed by atoms with Crippen molar-refractivity contribution in [1.82, 2.24) is 20.1 Å². The highest BCUT2D eigenvalue weighted by Crippen LogP contribution is 2.47. The fourth-order valence-corrected chi connectivity index (χ4v) is 5.33. The van der Waals surface area contributed by atoms with E-state index in [-0.39, 0.29) is 11.7 Å². The molecule has 1 atom stereocenters. The maximum Gasteiger partial charge on any atom is 0.273 e. The van der Waals surface area contributed by atoms with Gasteiger partial charge in [0.2, 0.25) is 0 Å². The van der Waals surface area contributed by atoms with Crippen molar-refractivity contribution in [3.63, 3.8) is 0 Å². The number of nitrogens with zero attached hydrogens (tertiary/aromatic N) is 3. The summed E-state index contributed by atoms with van der Waals surface area (Å²) in [4.78, 5) is 19.8. The smallest absolute Gasteiger partial charge is 0.273 e. The van der Waals surface area contributed by atoms with Gasteiger partial charge in [0.1, 0.15) is 23.7 Å². The Kier molecular flexibility index (Phi) is 7.07. The van der Waals surface area contributed by atoms with Crippen molar-refractivity contribution >= 4 is 17.5 Å². The van der Waals surface area contributed by atoms with E-state index in [0.717, 1.165) is 22.3 Å². The van der Waals surface area contributed by atoms with E-state index in [0.29, 0.717) is 52.2 Å². The molecule has 2 aromatic heterocycles. The van der Waals surface area contributed by atoms with E-state index in [2.05, 4.69) is 15.2 Å². The number of carbonyl (C=O) groups is 1. The van der Waals surface area contributed by atoms with Crippen LogP contribution in [0.3, 0.4) is 0 Å². The van der Waals surface area contributed by atoms with Crippen molar-refractivity contribution in [3.8, 4) is 28.5 Å². The van der Waals surface area contributed by atoms with Gasteiger partial charge < -0.3 is 19.5 Å². The van der Waals surface area contributed by atoms with Gasteiger partial charge in [-0.05, 0) is 59.5 Å². The molecule has 5 aromatic rings. The number of aromatic nitrogens is 3. The molecule has 2 N–H and O–H groups in total. The summed E-state index contributed by atoms with van der Waals surface area (Å²) in [5.74, 6) is 0.930. The second-order valence-electron chi connectivity index (χ2n) is 9.86. The Hall–Kier alpha value is -4.82. The highest BCUT2D eigenvalue weighted by molar-refractivity contribution is 6.31. The van der Waals surface area contributed by atoms with E-state index in [1.54, 1.807) is 36.5 Å². The van der Waals surface area contributed by atoms with Crippen LogP contribution in [0.5, 0.6) is 17.2 Å². The third-order valence-electron chi connectivity index (χ3n) is 7.21. The van der Waals surface area contributed by atoms with E-state index in [9.17, 15) is 9.90 Å². The first-order chi connectivity index (χ1) is 19.9. The maximum atomic E-state index is 13.8. The predicted octanol–water partition coefficient (Wildman–Crippen LogP) is 6.47. The monoisotopic (exact) mass is 566 g/mol. The Bertz CT molecular complexity index is 1720. The van der Waals surface area contributed by atoms with E-state index in [1.165, 1.54) is 0 Å². The van der Waals surface area contributed by atoms with Crippen LogP contribution < -0.4 is 9.47 Å². The van der Waals surface area contributed by atoms with Crippen molar-refractivity contribution < 1.29 is 19.4 Å². The van der Waals surface area contributed by atoms with Gasteiger partial charge in [-0.25, -0.2) is 0 Å². The molecule has 0 fully saturated rings. The van der Waals surface area contributed by atoms with Crippen molar-refractivity contribution in [1.29, 1.82) is 0 Å². The van der Waals surface area contributed by atoms with Crippen molar-refractivity contribution in [2.45, 2.75) is 26.1 Å². The molecule has 9 heteroatoms. The quantitative estimate of drug-likeness (QED) is 0.223. The SMILES string of the molecule is COc1cc(C2c3c(-c4cc(Cl)c(C)cc4O)n[nH]c3C(=O)N2Cc2cccnc2)ccc1OCc1ccccc1. The van der Waals surface area contributed by atoms with Crippen LogP contribution in [-0.2, 0) is 13.2 Å². The van der Waals surface area contributed by atoms with Gasteiger partial charge in [0.25, 0.3) is 5.91 Å². The third kappa shape index (κ3) is 4.98. The number of halogens is 1. The van der Waals surface area contributed by atoms with E-state index in [1.807, 2.05) is 67.6 Å². The van der Waals surface area contributed by atoms with Gasteiger partial charge in [-0.3, -0.25) is 14.9 Å². The lowest BCUT2D eigenvalue weighted by Crippen LogP contribution is -2.29. The summed E-state index contributed by atoms with van der Waals surface area (Å²) >= 11 is 6.44. The van der Waals surface area contributed by atoms with E-state index < -0.39 is 6.04 Å². The van der Waals surface area contributed by atoms with Gasteiger partial charge in [0.05, 0.1) is 13.2 Å². The molecule has 0 saturated carbocycles. The average Bonchev–Trinajstić information content (AvgIpc) is 3.53. The average molecular weight is 567 g/mol. The zero-order valence-corrected chi connectivity index (χ0v) is 23.2. The largest absolute Gasteiger partial charge is 0.507 e. The first kappa shape index (κ1) is 26.4. The molecule has 1 aliphatic rings. The standard InChI is InChI=1S/C32H27ClN4O4/c1-19-13-25(38)23(15-24(19)33)29-28-30(36-35-29)32(39)37(17-21-9-6-12-34-16-21)31(28)22-10-11-26(27(14-22)40-2)41-18-20-7-4-3-5-8-20/h3-16,31,38H,17-18H2,1-2H3,(H,35,36). The zero-order chi connectivity index (χ0) is 28.5. The molecular formula is C32H27ClN4O4. The minimum Gasteiger partial charge on any atom is -0.507 e. The van der Waals surface area contributed by atoms with Crippen LogP contribution in [0.1, 0.15) is 44.3 Å². The van der Waals surface area contributed by atoms with Crippen LogP contribution in [0, 0.1) is 6.92 Å². The molecular weight excluding hydrogens is 540 g/mol. The molecule has 1 aliphatic heterocycles.